The van der Waals surface area contributed by atoms with Gasteiger partial charge in [0, 0.05) is 94.1 Å². The lowest BCUT2D eigenvalue weighted by molar-refractivity contribution is -0.160. The molecule has 6 aromatic carbocycles. The number of hydrogen-bond donors (Lipinski definition) is 4. The number of carbonyl (C=O) groups is 4. The lowest BCUT2D eigenvalue weighted by Gasteiger charge is -2.62. The van der Waals surface area contributed by atoms with Crippen molar-refractivity contribution in [3.8, 4) is 34.4 Å². The van der Waals surface area contributed by atoms with Gasteiger partial charge in [0.05, 0.1) is 54.7 Å². The number of thioether (sulfide) groups is 2. The minimum atomic E-state index is -1.93. The first kappa shape index (κ1) is 76.2. The molecule has 6 aromatic rings. The third-order valence-electron chi connectivity index (χ3n) is 26.8. The first-order valence-corrected chi connectivity index (χ1v) is 41.1. The SMILES string of the molecule is CC1=C2OCOC2=C2[C@H](CO)N3C(CC2(O)C1=O)[C@H]1c2c(cc(C)c(C)c2C)C[C@@H]([C@@H]3C#N)N1C.CC1=C2OCOC2=C2[C@H](COC(=O)[C@H](C)CSCC3c4ccccc4-c4ccccc43)N3C(CC2(O)C1=O)[C@H]1c2c(cc(C)c(C)c2C)C[C@@H]([C@@H]3C#N)N1C.C[C@H](CSCC1c2ccccc2-c2ccccc21)C(=O)O. The van der Waals surface area contributed by atoms with Crippen molar-refractivity contribution in [1.29, 1.82) is 10.5 Å². The summed E-state index contributed by atoms with van der Waals surface area (Å²) in [5.41, 5.74) is 20.3. The molecular weight excluding hydrogens is 1440 g/mol. The number of carbonyl (C=O) groups excluding carboxylic acids is 3. The Balaban J connectivity index is 0.000000141. The van der Waals surface area contributed by atoms with Crippen LogP contribution in [0, 0.1) is 76.0 Å². The number of aryl methyl sites for hydroxylation is 2. The number of aliphatic hydroxyl groups is 3. The van der Waals surface area contributed by atoms with Crippen molar-refractivity contribution in [1.82, 2.24) is 19.6 Å². The second-order valence-electron chi connectivity index (χ2n) is 32.5. The molecule has 4 aliphatic carbocycles. The summed E-state index contributed by atoms with van der Waals surface area (Å²) < 4.78 is 29.4. The number of fused-ring (bicyclic) bond motifs is 22. The van der Waals surface area contributed by atoms with Gasteiger partial charge in [0.25, 0.3) is 0 Å². The van der Waals surface area contributed by atoms with Crippen LogP contribution in [0.2, 0.25) is 0 Å². The second-order valence-corrected chi connectivity index (χ2v) is 34.6. The number of aliphatic hydroxyl groups excluding tert-OH is 1. The molecule has 576 valence electrons. The first-order chi connectivity index (χ1) is 53.3. The fourth-order valence-corrected chi connectivity index (χ4v) is 23.4. The molecule has 4 bridgehead atoms. The van der Waals surface area contributed by atoms with Gasteiger partial charge in [-0.3, -0.25) is 38.8 Å². The molecule has 4 unspecified atom stereocenters. The van der Waals surface area contributed by atoms with E-state index in [2.05, 4.69) is 190 Å². The van der Waals surface area contributed by atoms with Crippen LogP contribution < -0.4 is 0 Å². The Morgan fingerprint density at radius 3 is 1.31 bits per heavy atom. The molecule has 14 atom stereocenters. The number of nitrogens with zero attached hydrogens (tertiary/aromatic N) is 6. The van der Waals surface area contributed by atoms with Gasteiger partial charge in [-0.1, -0.05) is 123 Å². The molecule has 4 N–H and O–H groups in total. The van der Waals surface area contributed by atoms with E-state index in [9.17, 15) is 45.0 Å². The summed E-state index contributed by atoms with van der Waals surface area (Å²) >= 11 is 3.47. The van der Waals surface area contributed by atoms with Crippen LogP contribution in [0.4, 0.5) is 0 Å². The maximum absolute atomic E-state index is 14.3. The van der Waals surface area contributed by atoms with E-state index in [-0.39, 0.29) is 87.7 Å². The molecule has 0 saturated carbocycles. The predicted octanol–water partition coefficient (Wildman–Crippen LogP) is 12.4. The summed E-state index contributed by atoms with van der Waals surface area (Å²) in [6.07, 6.45) is 1.58. The normalized spacial score (nSPS) is 28.3. The summed E-state index contributed by atoms with van der Waals surface area (Å²) in [7, 11) is 4.10. The number of carboxylic acid groups (broad SMARTS) is 1. The zero-order valence-electron chi connectivity index (χ0n) is 64.9. The fourth-order valence-electron chi connectivity index (χ4n) is 20.9. The molecule has 0 aromatic heterocycles. The second kappa shape index (κ2) is 29.3. The van der Waals surface area contributed by atoms with Gasteiger partial charge >= 0.3 is 11.9 Å². The molecular formula is C90H96N6O13S2. The molecule has 6 saturated heterocycles. The number of aliphatic carboxylic acids is 1. The third-order valence-corrected chi connectivity index (χ3v) is 29.4. The number of benzene rings is 6. The highest BCUT2D eigenvalue weighted by Gasteiger charge is 2.67. The Bertz CT molecular complexity index is 5040. The van der Waals surface area contributed by atoms with Crippen LogP contribution in [0.25, 0.3) is 22.3 Å². The van der Waals surface area contributed by atoms with E-state index in [1.165, 1.54) is 100 Å². The number of ketones is 2. The lowest BCUT2D eigenvalue weighted by Crippen LogP contribution is -2.74. The molecule has 8 aliphatic heterocycles. The van der Waals surface area contributed by atoms with Gasteiger partial charge in [-0.05, 0) is 182 Å². The summed E-state index contributed by atoms with van der Waals surface area (Å²) in [5, 5.41) is 65.8. The molecule has 12 aliphatic rings. The lowest BCUT2D eigenvalue weighted by atomic mass is 9.64. The quantitative estimate of drug-likeness (QED) is 0.0784. The Labute approximate surface area is 657 Å². The Morgan fingerprint density at radius 1 is 0.550 bits per heavy atom. The molecule has 0 spiro atoms. The van der Waals surface area contributed by atoms with E-state index in [1.54, 1.807) is 44.3 Å². The number of rotatable bonds is 13. The largest absolute Gasteiger partial charge is 0.481 e. The molecule has 6 fully saturated rings. The molecule has 0 radical (unpaired) electrons. The highest BCUT2D eigenvalue weighted by atomic mass is 32.2. The average molecular weight is 1530 g/mol. The average Bonchev–Trinajstić information content (AvgIpc) is 1.40. The monoisotopic (exact) mass is 1530 g/mol. The van der Waals surface area contributed by atoms with Crippen molar-refractivity contribution in [2.45, 2.75) is 178 Å². The number of ether oxygens (including phenoxy) is 5. The minimum Gasteiger partial charge on any atom is -0.481 e. The summed E-state index contributed by atoms with van der Waals surface area (Å²) in [5.74, 6) is 2.31. The van der Waals surface area contributed by atoms with Crippen LogP contribution in [0.15, 0.2) is 155 Å². The van der Waals surface area contributed by atoms with Crippen LogP contribution in [0.5, 0.6) is 0 Å². The topological polar surface area (TPSA) is 256 Å². The number of Topliss-reactive ketones (excluding diaryl/α,β-unsaturated/α-hetero) is 2. The third kappa shape index (κ3) is 12.0. The van der Waals surface area contributed by atoms with Gasteiger partial charge in [0.15, 0.2) is 45.8 Å². The van der Waals surface area contributed by atoms with Crippen LogP contribution in [-0.2, 0) is 55.7 Å². The van der Waals surface area contributed by atoms with Gasteiger partial charge in [-0.2, -0.15) is 34.0 Å². The minimum absolute atomic E-state index is 0.0443. The van der Waals surface area contributed by atoms with E-state index in [0.29, 0.717) is 69.2 Å². The maximum Gasteiger partial charge on any atom is 0.309 e. The van der Waals surface area contributed by atoms with E-state index < -0.39 is 64.9 Å². The van der Waals surface area contributed by atoms with Crippen LogP contribution in [0.3, 0.4) is 0 Å². The van der Waals surface area contributed by atoms with Gasteiger partial charge < -0.3 is 44.1 Å². The van der Waals surface area contributed by atoms with Gasteiger partial charge in [-0.15, -0.1) is 0 Å². The zero-order valence-corrected chi connectivity index (χ0v) is 66.6. The molecule has 8 heterocycles. The van der Waals surface area contributed by atoms with Gasteiger partial charge in [0.2, 0.25) is 13.6 Å². The van der Waals surface area contributed by atoms with Crippen molar-refractivity contribution in [3.05, 3.63) is 232 Å². The Kier molecular flexibility index (Phi) is 20.1. The van der Waals surface area contributed by atoms with E-state index in [1.807, 2.05) is 14.0 Å². The van der Waals surface area contributed by atoms with Crippen molar-refractivity contribution in [2.24, 2.45) is 11.8 Å². The van der Waals surface area contributed by atoms with Gasteiger partial charge in [-0.25, -0.2) is 0 Å². The number of piperazine rings is 2. The van der Waals surface area contributed by atoms with E-state index >= 15 is 0 Å². The van der Waals surface area contributed by atoms with Crippen molar-refractivity contribution in [3.63, 3.8) is 0 Å². The molecule has 21 heteroatoms. The van der Waals surface area contributed by atoms with Gasteiger partial charge in [0.1, 0.15) is 18.7 Å². The van der Waals surface area contributed by atoms with Crippen LogP contribution >= 0.6 is 23.5 Å². The molecule has 18 rings (SSSR count). The maximum atomic E-state index is 14.3. The number of carboxylic acids is 1. The number of esters is 1. The van der Waals surface area contributed by atoms with Crippen LogP contribution in [-0.4, -0.2) is 187 Å². The number of likely N-dealkylation sites (N-methyl/N-ethyl adjacent to an activating group) is 2. The van der Waals surface area contributed by atoms with Crippen molar-refractivity contribution in [2.75, 3.05) is 63.9 Å². The van der Waals surface area contributed by atoms with Crippen molar-refractivity contribution >= 4 is 47.0 Å². The molecule has 19 nitrogen and oxygen atoms in total. The van der Waals surface area contributed by atoms with Crippen molar-refractivity contribution < 1.29 is 63.3 Å². The summed E-state index contributed by atoms with van der Waals surface area (Å²) in [6.45, 7) is 19.1. The highest BCUT2D eigenvalue weighted by molar-refractivity contribution is 7.99. The van der Waals surface area contributed by atoms with E-state index in [4.69, 9.17) is 28.8 Å². The predicted molar refractivity (Wildman–Crippen MR) is 424 cm³/mol. The Hall–Kier alpha value is -8.84. The van der Waals surface area contributed by atoms with Crippen LogP contribution in [0.1, 0.15) is 142 Å². The summed E-state index contributed by atoms with van der Waals surface area (Å²) in [6, 6.07) is 39.8. The number of hydrogen-bond acceptors (Lipinski definition) is 20. The fraction of sp³-hybridized carbons (Fsp3) is 0.444. The Morgan fingerprint density at radius 2 is 0.919 bits per heavy atom. The molecule has 111 heavy (non-hydrogen) atoms. The first-order valence-electron chi connectivity index (χ1n) is 38.8. The standard InChI is InChI=1S/C45H47N3O6S.C27H31N3O5.C18H18O2S/c1-23-15-28-16-34-36(18-46)48-35(40(47(34)6)38(28)26(4)25(23)3)17-45(51)39(42-41(53-22-54-42)27(5)43(45)49)37(48)19-52-44(50)24(2)20-55-21-33-31-13-9-7-11-29(31)30-12-8-10-14-32(30)33;1-12-6-16-7-17-19(9-28)30-18(23(29(17)5)21(16)14(3)13(12)2)8-27(33)22(20(30)10-31)25-24(34-11-35-25)15(4)26(27)32;1-12(18(19)20)10-21-11-17-15-8-4-2-6-13(15)14-7-3-5-9-16(14)17/h7-15,24,33-37,40,51H,16-17,19-22H2,1-6H3;6,17-20,23,31,33H,7-8,10-11H2,1-5H3;2-9,12,17H,10-11H2,1H3,(H,19,20)/t24-,34+,35?,36+,37+,40+,45?;17-,18?,19-,20-,23-,27?;12-/m101/s1. The smallest absolute Gasteiger partial charge is 0.309 e. The highest BCUT2D eigenvalue weighted by Crippen LogP contribution is 2.58. The molecule has 0 amide bonds. The van der Waals surface area contributed by atoms with E-state index in [0.717, 1.165) is 17.9 Å². The zero-order chi connectivity index (χ0) is 78.3. The number of nitriles is 2. The summed E-state index contributed by atoms with van der Waals surface area (Å²) in [4.78, 5) is 61.5. The number of piperidine rings is 2.